The zero-order valence-electron chi connectivity index (χ0n) is 8.11. The summed E-state index contributed by atoms with van der Waals surface area (Å²) in [6, 6.07) is 3.19. The van der Waals surface area contributed by atoms with Crippen molar-refractivity contribution in [2.75, 3.05) is 0 Å². The smallest absolute Gasteiger partial charge is 0.326 e. The molecule has 0 aliphatic rings. The van der Waals surface area contributed by atoms with Crippen molar-refractivity contribution >= 4 is 28.3 Å². The molecule has 16 heavy (non-hydrogen) atoms. The van der Waals surface area contributed by atoms with Crippen LogP contribution in [0, 0.1) is 5.82 Å². The number of nitrogens with one attached hydrogen (secondary N) is 1. The Hall–Kier alpha value is -1.43. The monoisotopic (exact) mass is 289 g/mol. The van der Waals surface area contributed by atoms with E-state index in [-0.39, 0.29) is 10.9 Å². The van der Waals surface area contributed by atoms with Crippen molar-refractivity contribution in [3.8, 4) is 0 Å². The number of halogens is 2. The van der Waals surface area contributed by atoms with E-state index in [0.717, 1.165) is 0 Å². The van der Waals surface area contributed by atoms with Crippen molar-refractivity contribution < 1.29 is 19.1 Å². The second kappa shape index (κ2) is 5.60. The van der Waals surface area contributed by atoms with Gasteiger partial charge in [0.15, 0.2) is 0 Å². The third-order valence-corrected chi connectivity index (χ3v) is 2.60. The Kier molecular flexibility index (Phi) is 4.42. The summed E-state index contributed by atoms with van der Waals surface area (Å²) in [4.78, 5) is 20.9. The molecule has 1 amide bonds. The molecule has 0 aliphatic carbocycles. The third-order valence-electron chi connectivity index (χ3n) is 1.99. The quantitative estimate of drug-likeness (QED) is 0.804. The first-order valence-electron chi connectivity index (χ1n) is 4.41. The van der Waals surface area contributed by atoms with Crippen molar-refractivity contribution in [2.24, 2.45) is 0 Å². The molecule has 0 spiro atoms. The van der Waals surface area contributed by atoms with E-state index in [9.17, 15) is 14.0 Å². The van der Waals surface area contributed by atoms with E-state index in [4.69, 9.17) is 5.11 Å². The maximum atomic E-state index is 12.9. The molecule has 0 aliphatic heterocycles. The lowest BCUT2D eigenvalue weighted by Gasteiger charge is -2.11. The van der Waals surface area contributed by atoms with Crippen molar-refractivity contribution in [3.05, 3.63) is 34.1 Å². The number of carboxylic acids is 1. The molecule has 0 fully saturated rings. The van der Waals surface area contributed by atoms with Crippen LogP contribution in [0.2, 0.25) is 0 Å². The fourth-order valence-electron chi connectivity index (χ4n) is 1.20. The molecule has 0 bridgehead atoms. The summed E-state index contributed by atoms with van der Waals surface area (Å²) in [5.41, 5.74) is 0.620. The number of hydrogen-bond acceptors (Lipinski definition) is 2. The van der Waals surface area contributed by atoms with Crippen LogP contribution in [0.1, 0.15) is 5.56 Å². The highest BCUT2D eigenvalue weighted by atomic mass is 79.9. The minimum atomic E-state index is -1.13. The highest BCUT2D eigenvalue weighted by Crippen LogP contribution is 2.17. The Labute approximate surface area is 99.6 Å². The van der Waals surface area contributed by atoms with Crippen LogP contribution >= 0.6 is 15.9 Å². The predicted molar refractivity (Wildman–Crippen MR) is 58.4 cm³/mol. The van der Waals surface area contributed by atoms with Crippen LogP contribution in [-0.2, 0) is 16.0 Å². The minimum Gasteiger partial charge on any atom is -0.480 e. The summed E-state index contributed by atoms with van der Waals surface area (Å²) < 4.78 is 13.2. The molecule has 1 aromatic carbocycles. The highest BCUT2D eigenvalue weighted by molar-refractivity contribution is 9.10. The maximum absolute atomic E-state index is 12.9. The van der Waals surface area contributed by atoms with Gasteiger partial charge in [0.05, 0.1) is 4.47 Å². The first kappa shape index (κ1) is 12.6. The highest BCUT2D eigenvalue weighted by Gasteiger charge is 2.17. The van der Waals surface area contributed by atoms with Gasteiger partial charge < -0.3 is 10.4 Å². The Morgan fingerprint density at radius 1 is 1.62 bits per heavy atom. The number of carboxylic acid groups (broad SMARTS) is 1. The second-order valence-corrected chi connectivity index (χ2v) is 3.98. The largest absolute Gasteiger partial charge is 0.480 e. The molecule has 0 radical (unpaired) electrons. The maximum Gasteiger partial charge on any atom is 0.326 e. The van der Waals surface area contributed by atoms with Gasteiger partial charge >= 0.3 is 5.97 Å². The SMILES string of the molecule is O=CNC(Cc1ccc(F)c(Br)c1)C(=O)O. The third kappa shape index (κ3) is 3.30. The Bertz CT molecular complexity index is 411. The van der Waals surface area contributed by atoms with Gasteiger partial charge in [-0.3, -0.25) is 4.79 Å². The van der Waals surface area contributed by atoms with Crippen LogP contribution in [0.3, 0.4) is 0 Å². The molecule has 1 unspecified atom stereocenters. The zero-order valence-corrected chi connectivity index (χ0v) is 9.70. The van der Waals surface area contributed by atoms with Gasteiger partial charge in [0, 0.05) is 6.42 Å². The molecule has 2 N–H and O–H groups in total. The zero-order chi connectivity index (χ0) is 12.1. The molecule has 0 saturated heterocycles. The van der Waals surface area contributed by atoms with Crippen molar-refractivity contribution in [2.45, 2.75) is 12.5 Å². The molecule has 86 valence electrons. The number of rotatable bonds is 5. The van der Waals surface area contributed by atoms with Gasteiger partial charge in [-0.15, -0.1) is 0 Å². The fourth-order valence-corrected chi connectivity index (χ4v) is 1.63. The van der Waals surface area contributed by atoms with E-state index < -0.39 is 17.8 Å². The minimum absolute atomic E-state index is 0.104. The number of hydrogen-bond donors (Lipinski definition) is 2. The van der Waals surface area contributed by atoms with Crippen LogP contribution in [0.4, 0.5) is 4.39 Å². The molecule has 1 aromatic rings. The Morgan fingerprint density at radius 3 is 2.81 bits per heavy atom. The van der Waals surface area contributed by atoms with E-state index in [1.54, 1.807) is 0 Å². The van der Waals surface area contributed by atoms with Crippen LogP contribution in [0.5, 0.6) is 0 Å². The standard InChI is InChI=1S/C10H9BrFNO3/c11-7-3-6(1-2-8(7)12)4-9(10(15)16)13-5-14/h1-3,5,9H,4H2,(H,13,14)(H,15,16). The van der Waals surface area contributed by atoms with Crippen molar-refractivity contribution in [3.63, 3.8) is 0 Å². The average Bonchev–Trinajstić information content (AvgIpc) is 2.22. The molecule has 4 nitrogen and oxygen atoms in total. The van der Waals surface area contributed by atoms with Gasteiger partial charge in [0.2, 0.25) is 6.41 Å². The number of carbonyl (C=O) groups excluding carboxylic acids is 1. The summed E-state index contributed by atoms with van der Waals surface area (Å²) in [7, 11) is 0. The van der Waals surface area contributed by atoms with E-state index in [1.165, 1.54) is 18.2 Å². The van der Waals surface area contributed by atoms with E-state index in [1.807, 2.05) is 0 Å². The summed E-state index contributed by atoms with van der Waals surface area (Å²) >= 11 is 3.00. The molecule has 6 heteroatoms. The van der Waals surface area contributed by atoms with Gasteiger partial charge in [-0.05, 0) is 33.6 Å². The second-order valence-electron chi connectivity index (χ2n) is 3.13. The van der Waals surface area contributed by atoms with E-state index in [2.05, 4.69) is 21.2 Å². The van der Waals surface area contributed by atoms with Gasteiger partial charge in [-0.1, -0.05) is 6.07 Å². The molecular formula is C10H9BrFNO3. The summed E-state index contributed by atoms with van der Waals surface area (Å²) in [6.45, 7) is 0. The average molecular weight is 290 g/mol. The van der Waals surface area contributed by atoms with E-state index in [0.29, 0.717) is 12.0 Å². The number of aliphatic carboxylic acids is 1. The number of carbonyl (C=O) groups is 2. The van der Waals surface area contributed by atoms with Crippen LogP contribution < -0.4 is 5.32 Å². The molecular weight excluding hydrogens is 281 g/mol. The van der Waals surface area contributed by atoms with Gasteiger partial charge in [0.1, 0.15) is 11.9 Å². The first-order chi connectivity index (χ1) is 7.54. The first-order valence-corrected chi connectivity index (χ1v) is 5.20. The Balaban J connectivity index is 2.81. The Morgan fingerprint density at radius 2 is 2.31 bits per heavy atom. The van der Waals surface area contributed by atoms with Gasteiger partial charge in [-0.2, -0.15) is 0 Å². The number of amides is 1. The topological polar surface area (TPSA) is 66.4 Å². The summed E-state index contributed by atoms with van der Waals surface area (Å²) in [6.07, 6.45) is 0.435. The summed E-state index contributed by atoms with van der Waals surface area (Å²) in [5.74, 6) is -1.55. The lowest BCUT2D eigenvalue weighted by molar-refractivity contribution is -0.140. The molecule has 1 rings (SSSR count). The molecule has 0 aromatic heterocycles. The molecule has 1 atom stereocenters. The lowest BCUT2D eigenvalue weighted by atomic mass is 10.1. The summed E-state index contributed by atoms with van der Waals surface area (Å²) in [5, 5.41) is 11.0. The van der Waals surface area contributed by atoms with Gasteiger partial charge in [0.25, 0.3) is 0 Å². The van der Waals surface area contributed by atoms with Crippen LogP contribution in [0.15, 0.2) is 22.7 Å². The molecule has 0 saturated carbocycles. The van der Waals surface area contributed by atoms with Crippen molar-refractivity contribution in [1.82, 2.24) is 5.32 Å². The predicted octanol–water partition coefficient (Wildman–Crippen LogP) is 1.33. The van der Waals surface area contributed by atoms with Gasteiger partial charge in [-0.25, -0.2) is 9.18 Å². The fraction of sp³-hybridized carbons (Fsp3) is 0.200. The van der Waals surface area contributed by atoms with Crippen LogP contribution in [0.25, 0.3) is 0 Å². The number of benzene rings is 1. The van der Waals surface area contributed by atoms with E-state index >= 15 is 0 Å². The lowest BCUT2D eigenvalue weighted by Crippen LogP contribution is -2.37. The van der Waals surface area contributed by atoms with Crippen molar-refractivity contribution in [1.29, 1.82) is 0 Å². The normalized spacial score (nSPS) is 11.9. The molecule has 0 heterocycles. The van der Waals surface area contributed by atoms with Crippen LogP contribution in [-0.4, -0.2) is 23.5 Å².